The van der Waals surface area contributed by atoms with Gasteiger partial charge in [0.05, 0.1) is 17.9 Å². The number of benzene rings is 1. The van der Waals surface area contributed by atoms with Gasteiger partial charge in [0.1, 0.15) is 0 Å². The van der Waals surface area contributed by atoms with Crippen molar-refractivity contribution in [1.29, 1.82) is 0 Å². The van der Waals surface area contributed by atoms with E-state index in [0.29, 0.717) is 6.54 Å². The Morgan fingerprint density at radius 3 is 2.88 bits per heavy atom. The fourth-order valence-corrected chi connectivity index (χ4v) is 3.13. The zero-order chi connectivity index (χ0) is 18.0. The van der Waals surface area contributed by atoms with Gasteiger partial charge in [-0.1, -0.05) is 12.1 Å². The highest BCUT2D eigenvalue weighted by Gasteiger charge is 2.33. The molecule has 0 aliphatic carbocycles. The molecule has 132 valence electrons. The summed E-state index contributed by atoms with van der Waals surface area (Å²) in [5, 5.41) is 10.3. The van der Waals surface area contributed by atoms with Crippen molar-refractivity contribution in [2.45, 2.75) is 32.4 Å². The van der Waals surface area contributed by atoms with Crippen molar-refractivity contribution in [2.75, 3.05) is 16.8 Å². The van der Waals surface area contributed by atoms with Crippen LogP contribution in [0.15, 0.2) is 36.7 Å². The molecule has 1 fully saturated rings. The van der Waals surface area contributed by atoms with Crippen molar-refractivity contribution in [2.24, 2.45) is 7.05 Å². The first-order chi connectivity index (χ1) is 11.9. The standard InChI is InChI=1S/C18H23N5O2/c1-12(14-5-4-6-15(9-14)21-13(2)24)20-17-7-8-23(18(17)25)16-10-19-22(3)11-16/h4-6,9-12,17,20H,7-8H2,1-3H3,(H,21,24). The Morgan fingerprint density at radius 1 is 1.40 bits per heavy atom. The molecule has 2 heterocycles. The Bertz CT molecular complexity index is 785. The number of rotatable bonds is 5. The number of hydrogen-bond donors (Lipinski definition) is 2. The SMILES string of the molecule is CC(=O)Nc1cccc(C(C)NC2CCN(c3cnn(C)c3)C2=O)c1. The van der Waals surface area contributed by atoms with E-state index in [0.717, 1.165) is 23.4 Å². The maximum Gasteiger partial charge on any atom is 0.244 e. The molecule has 1 aromatic heterocycles. The van der Waals surface area contributed by atoms with Crippen LogP contribution in [0.5, 0.6) is 0 Å². The summed E-state index contributed by atoms with van der Waals surface area (Å²) in [6, 6.07) is 7.44. The highest BCUT2D eigenvalue weighted by atomic mass is 16.2. The fourth-order valence-electron chi connectivity index (χ4n) is 3.13. The van der Waals surface area contributed by atoms with E-state index in [1.807, 2.05) is 44.4 Å². The zero-order valence-electron chi connectivity index (χ0n) is 14.7. The fraction of sp³-hybridized carbons (Fsp3) is 0.389. The zero-order valence-corrected chi connectivity index (χ0v) is 14.7. The summed E-state index contributed by atoms with van der Waals surface area (Å²) in [5.74, 6) is -0.0336. The third-order valence-corrected chi connectivity index (χ3v) is 4.37. The molecule has 2 atom stereocenters. The van der Waals surface area contributed by atoms with Crippen LogP contribution in [-0.2, 0) is 16.6 Å². The maximum absolute atomic E-state index is 12.7. The van der Waals surface area contributed by atoms with Gasteiger partial charge < -0.3 is 10.2 Å². The lowest BCUT2D eigenvalue weighted by atomic mass is 10.1. The van der Waals surface area contributed by atoms with Gasteiger partial charge in [-0.3, -0.25) is 19.6 Å². The number of nitrogens with zero attached hydrogens (tertiary/aromatic N) is 3. The highest BCUT2D eigenvalue weighted by molar-refractivity contribution is 5.99. The number of carbonyl (C=O) groups is 2. The van der Waals surface area contributed by atoms with Crippen LogP contribution in [0.1, 0.15) is 31.9 Å². The van der Waals surface area contributed by atoms with Crippen molar-refractivity contribution in [3.8, 4) is 0 Å². The number of aryl methyl sites for hydroxylation is 1. The average Bonchev–Trinajstić information content (AvgIpc) is 3.13. The predicted molar refractivity (Wildman–Crippen MR) is 96.3 cm³/mol. The minimum Gasteiger partial charge on any atom is -0.326 e. The molecule has 25 heavy (non-hydrogen) atoms. The highest BCUT2D eigenvalue weighted by Crippen LogP contribution is 2.24. The van der Waals surface area contributed by atoms with Crippen LogP contribution in [0.25, 0.3) is 0 Å². The van der Waals surface area contributed by atoms with E-state index in [4.69, 9.17) is 0 Å². The van der Waals surface area contributed by atoms with Crippen molar-refractivity contribution in [3.05, 3.63) is 42.2 Å². The van der Waals surface area contributed by atoms with Crippen molar-refractivity contribution < 1.29 is 9.59 Å². The normalized spacial score (nSPS) is 18.4. The number of aromatic nitrogens is 2. The summed E-state index contributed by atoms with van der Waals surface area (Å²) in [6.45, 7) is 4.19. The van der Waals surface area contributed by atoms with Crippen LogP contribution < -0.4 is 15.5 Å². The smallest absolute Gasteiger partial charge is 0.244 e. The third kappa shape index (κ3) is 3.88. The molecule has 0 spiro atoms. The van der Waals surface area contributed by atoms with Crippen LogP contribution in [-0.4, -0.2) is 34.2 Å². The quantitative estimate of drug-likeness (QED) is 0.870. The number of hydrogen-bond acceptors (Lipinski definition) is 4. The van der Waals surface area contributed by atoms with Gasteiger partial charge in [0.15, 0.2) is 0 Å². The Labute approximate surface area is 147 Å². The summed E-state index contributed by atoms with van der Waals surface area (Å²) in [4.78, 5) is 25.6. The number of carbonyl (C=O) groups excluding carboxylic acids is 2. The first kappa shape index (κ1) is 17.2. The van der Waals surface area contributed by atoms with Crippen LogP contribution in [0.3, 0.4) is 0 Å². The Morgan fingerprint density at radius 2 is 2.20 bits per heavy atom. The van der Waals surface area contributed by atoms with Gasteiger partial charge in [-0.15, -0.1) is 0 Å². The maximum atomic E-state index is 12.7. The Kier molecular flexibility index (Phi) is 4.85. The minimum atomic E-state index is -0.223. The molecular weight excluding hydrogens is 318 g/mol. The number of nitrogens with one attached hydrogen (secondary N) is 2. The van der Waals surface area contributed by atoms with Gasteiger partial charge in [0.2, 0.25) is 11.8 Å². The van der Waals surface area contributed by atoms with Crippen LogP contribution >= 0.6 is 0 Å². The van der Waals surface area contributed by atoms with E-state index >= 15 is 0 Å². The molecule has 1 aromatic carbocycles. The van der Waals surface area contributed by atoms with Gasteiger partial charge in [-0.2, -0.15) is 5.10 Å². The minimum absolute atomic E-state index is 0.00323. The second-order valence-corrected chi connectivity index (χ2v) is 6.40. The second kappa shape index (κ2) is 7.06. The average molecular weight is 341 g/mol. The van der Waals surface area contributed by atoms with Crippen LogP contribution in [0, 0.1) is 0 Å². The summed E-state index contributed by atoms with van der Waals surface area (Å²) in [7, 11) is 1.84. The molecule has 7 heteroatoms. The van der Waals surface area contributed by atoms with E-state index in [-0.39, 0.29) is 23.9 Å². The molecule has 1 saturated heterocycles. The summed E-state index contributed by atoms with van der Waals surface area (Å²) < 4.78 is 1.69. The molecule has 2 amide bonds. The molecule has 2 N–H and O–H groups in total. The van der Waals surface area contributed by atoms with Crippen LogP contribution in [0.2, 0.25) is 0 Å². The van der Waals surface area contributed by atoms with Gasteiger partial charge in [-0.05, 0) is 31.0 Å². The lowest BCUT2D eigenvalue weighted by Crippen LogP contribution is -2.39. The molecule has 2 aromatic rings. The molecule has 0 radical (unpaired) electrons. The predicted octanol–water partition coefficient (Wildman–Crippen LogP) is 1.83. The van der Waals surface area contributed by atoms with Gasteiger partial charge in [0.25, 0.3) is 0 Å². The lowest BCUT2D eigenvalue weighted by Gasteiger charge is -2.20. The van der Waals surface area contributed by atoms with Crippen LogP contribution in [0.4, 0.5) is 11.4 Å². The second-order valence-electron chi connectivity index (χ2n) is 6.40. The Hall–Kier alpha value is -2.67. The monoisotopic (exact) mass is 341 g/mol. The van der Waals surface area contributed by atoms with Crippen molar-refractivity contribution in [1.82, 2.24) is 15.1 Å². The van der Waals surface area contributed by atoms with E-state index in [2.05, 4.69) is 15.7 Å². The molecule has 0 saturated carbocycles. The summed E-state index contributed by atoms with van der Waals surface area (Å²) in [6.07, 6.45) is 4.31. The number of amides is 2. The first-order valence-corrected chi connectivity index (χ1v) is 8.37. The molecule has 2 unspecified atom stereocenters. The lowest BCUT2D eigenvalue weighted by molar-refractivity contribution is -0.119. The van der Waals surface area contributed by atoms with Crippen molar-refractivity contribution in [3.63, 3.8) is 0 Å². The topological polar surface area (TPSA) is 79.3 Å². The molecule has 3 rings (SSSR count). The summed E-state index contributed by atoms with van der Waals surface area (Å²) in [5.41, 5.74) is 2.62. The molecular formula is C18H23N5O2. The van der Waals surface area contributed by atoms with E-state index < -0.39 is 0 Å². The van der Waals surface area contributed by atoms with E-state index in [1.165, 1.54) is 6.92 Å². The van der Waals surface area contributed by atoms with Gasteiger partial charge in [0, 0.05) is 38.4 Å². The van der Waals surface area contributed by atoms with Gasteiger partial charge in [-0.25, -0.2) is 0 Å². The third-order valence-electron chi connectivity index (χ3n) is 4.37. The summed E-state index contributed by atoms with van der Waals surface area (Å²) >= 11 is 0. The molecule has 1 aliphatic rings. The Balaban J connectivity index is 1.66. The number of anilines is 2. The van der Waals surface area contributed by atoms with E-state index in [9.17, 15) is 9.59 Å². The molecule has 7 nitrogen and oxygen atoms in total. The largest absolute Gasteiger partial charge is 0.326 e. The van der Waals surface area contributed by atoms with E-state index in [1.54, 1.807) is 15.8 Å². The van der Waals surface area contributed by atoms with Gasteiger partial charge >= 0.3 is 0 Å². The molecule has 0 bridgehead atoms. The van der Waals surface area contributed by atoms with Crippen molar-refractivity contribution >= 4 is 23.2 Å². The first-order valence-electron chi connectivity index (χ1n) is 8.37. The molecule has 1 aliphatic heterocycles.